The number of hydrogen-bond acceptors (Lipinski definition) is 0. The summed E-state index contributed by atoms with van der Waals surface area (Å²) < 4.78 is 26.4. The Morgan fingerprint density at radius 1 is 1.15 bits per heavy atom. The van der Waals surface area contributed by atoms with E-state index in [-0.39, 0.29) is 0 Å². The molecule has 0 aromatic heterocycles. The van der Waals surface area contributed by atoms with Crippen molar-refractivity contribution in [2.75, 3.05) is 0 Å². The highest BCUT2D eigenvalue weighted by molar-refractivity contribution is 9.10. The lowest BCUT2D eigenvalue weighted by Crippen LogP contribution is -2.06. The predicted molar refractivity (Wildman–Crippen MR) is 50.7 cm³/mol. The molecule has 1 aromatic rings. The van der Waals surface area contributed by atoms with Crippen LogP contribution in [0.4, 0.5) is 8.78 Å². The molecule has 0 unspecified atom stereocenters. The molecule has 0 N–H and O–H groups in total. The van der Waals surface area contributed by atoms with Gasteiger partial charge in [0.25, 0.3) is 0 Å². The maximum Gasteiger partial charge on any atom is 0.173 e. The van der Waals surface area contributed by atoms with Crippen LogP contribution >= 0.6 is 15.9 Å². The molecule has 1 aromatic carbocycles. The summed E-state index contributed by atoms with van der Waals surface area (Å²) in [5.74, 6) is -1.49. The van der Waals surface area contributed by atoms with E-state index in [1.165, 1.54) is 6.07 Å². The van der Waals surface area contributed by atoms with Gasteiger partial charge in [0.05, 0.1) is 4.47 Å². The summed E-state index contributed by atoms with van der Waals surface area (Å²) >= 11 is 3.10. The van der Waals surface area contributed by atoms with Crippen LogP contribution in [0.2, 0.25) is 0 Å². The van der Waals surface area contributed by atoms with Crippen LogP contribution in [0.1, 0.15) is 24.0 Å². The maximum atomic E-state index is 13.1. The third-order valence-corrected chi connectivity index (χ3v) is 3.31. The summed E-state index contributed by atoms with van der Waals surface area (Å²) in [5.41, 5.74) is 1.90. The van der Waals surface area contributed by atoms with Gasteiger partial charge >= 0.3 is 0 Å². The van der Waals surface area contributed by atoms with E-state index in [0.29, 0.717) is 4.47 Å². The van der Waals surface area contributed by atoms with Crippen molar-refractivity contribution in [3.8, 4) is 0 Å². The van der Waals surface area contributed by atoms with Gasteiger partial charge in [-0.1, -0.05) is 0 Å². The molecule has 0 saturated carbocycles. The van der Waals surface area contributed by atoms with E-state index in [0.717, 1.165) is 36.8 Å². The van der Waals surface area contributed by atoms with Crippen LogP contribution in [0.5, 0.6) is 0 Å². The fourth-order valence-electron chi connectivity index (χ4n) is 1.79. The molecule has 0 nitrogen and oxygen atoms in total. The summed E-state index contributed by atoms with van der Waals surface area (Å²) in [7, 11) is 0. The second kappa shape index (κ2) is 3.37. The van der Waals surface area contributed by atoms with Crippen LogP contribution in [0.15, 0.2) is 10.5 Å². The number of rotatable bonds is 0. The van der Waals surface area contributed by atoms with Gasteiger partial charge in [-0.3, -0.25) is 0 Å². The molecule has 1 aliphatic rings. The zero-order valence-electron chi connectivity index (χ0n) is 7.04. The van der Waals surface area contributed by atoms with E-state index >= 15 is 0 Å². The highest BCUT2D eigenvalue weighted by Crippen LogP contribution is 2.31. The molecule has 0 spiro atoms. The lowest BCUT2D eigenvalue weighted by molar-refractivity contribution is 0.496. The SMILES string of the molecule is Fc1cc2c(c(Br)c1F)CCCC2. The van der Waals surface area contributed by atoms with E-state index in [2.05, 4.69) is 15.9 Å². The van der Waals surface area contributed by atoms with Crippen molar-refractivity contribution in [3.05, 3.63) is 33.3 Å². The molecule has 2 rings (SSSR count). The molecule has 0 saturated heterocycles. The van der Waals surface area contributed by atoms with Gasteiger partial charge in [0.15, 0.2) is 11.6 Å². The molecule has 0 amide bonds. The third kappa shape index (κ3) is 1.50. The molecular formula is C10H9BrF2. The van der Waals surface area contributed by atoms with Crippen molar-refractivity contribution in [1.82, 2.24) is 0 Å². The molecule has 0 radical (unpaired) electrons. The standard InChI is InChI=1S/C10H9BrF2/c11-9-7-4-2-1-3-6(7)5-8(12)10(9)13/h5H,1-4H2. The van der Waals surface area contributed by atoms with Crippen LogP contribution in [-0.4, -0.2) is 0 Å². The Labute approximate surface area is 84.1 Å². The molecule has 0 bridgehead atoms. The summed E-state index contributed by atoms with van der Waals surface area (Å²) in [5, 5.41) is 0. The first-order valence-electron chi connectivity index (χ1n) is 4.35. The van der Waals surface area contributed by atoms with Crippen LogP contribution < -0.4 is 0 Å². The molecule has 0 fully saturated rings. The Morgan fingerprint density at radius 2 is 1.85 bits per heavy atom. The lowest BCUT2D eigenvalue weighted by Gasteiger charge is -2.17. The number of benzene rings is 1. The van der Waals surface area contributed by atoms with E-state index in [1.807, 2.05) is 0 Å². The van der Waals surface area contributed by atoms with Crippen molar-refractivity contribution in [2.24, 2.45) is 0 Å². The van der Waals surface area contributed by atoms with Gasteiger partial charge in [-0.15, -0.1) is 0 Å². The zero-order chi connectivity index (χ0) is 9.42. The van der Waals surface area contributed by atoms with Gasteiger partial charge in [0.2, 0.25) is 0 Å². The fraction of sp³-hybridized carbons (Fsp3) is 0.400. The van der Waals surface area contributed by atoms with E-state index in [1.54, 1.807) is 0 Å². The van der Waals surface area contributed by atoms with Gasteiger partial charge in [0, 0.05) is 0 Å². The second-order valence-electron chi connectivity index (χ2n) is 3.33. The molecule has 70 valence electrons. The van der Waals surface area contributed by atoms with Crippen LogP contribution in [-0.2, 0) is 12.8 Å². The topological polar surface area (TPSA) is 0 Å². The van der Waals surface area contributed by atoms with E-state index in [4.69, 9.17) is 0 Å². The maximum absolute atomic E-state index is 13.1. The molecular weight excluding hydrogens is 238 g/mol. The quantitative estimate of drug-likeness (QED) is 0.614. The average molecular weight is 247 g/mol. The highest BCUT2D eigenvalue weighted by atomic mass is 79.9. The van der Waals surface area contributed by atoms with Gasteiger partial charge in [-0.05, 0) is 58.8 Å². The fourth-order valence-corrected chi connectivity index (χ4v) is 2.43. The first kappa shape index (κ1) is 9.13. The summed E-state index contributed by atoms with van der Waals surface area (Å²) in [4.78, 5) is 0. The Bertz CT molecular complexity index is 347. The van der Waals surface area contributed by atoms with Gasteiger partial charge in [0.1, 0.15) is 0 Å². The largest absolute Gasteiger partial charge is 0.204 e. The summed E-state index contributed by atoms with van der Waals surface area (Å²) in [6.07, 6.45) is 3.86. The third-order valence-electron chi connectivity index (χ3n) is 2.48. The Hall–Kier alpha value is -0.440. The number of aryl methyl sites for hydroxylation is 1. The van der Waals surface area contributed by atoms with Crippen molar-refractivity contribution < 1.29 is 8.78 Å². The van der Waals surface area contributed by atoms with Crippen molar-refractivity contribution >= 4 is 15.9 Å². The minimum atomic E-state index is -0.749. The molecule has 0 heterocycles. The summed E-state index contributed by atoms with van der Waals surface area (Å²) in [6.45, 7) is 0. The second-order valence-corrected chi connectivity index (χ2v) is 4.12. The van der Waals surface area contributed by atoms with Gasteiger partial charge < -0.3 is 0 Å². The monoisotopic (exact) mass is 246 g/mol. The Kier molecular flexibility index (Phi) is 2.37. The molecule has 0 aliphatic heterocycles. The molecule has 3 heteroatoms. The molecule has 13 heavy (non-hydrogen) atoms. The minimum Gasteiger partial charge on any atom is -0.204 e. The molecule has 0 atom stereocenters. The van der Waals surface area contributed by atoms with E-state index < -0.39 is 11.6 Å². The number of fused-ring (bicyclic) bond motifs is 1. The van der Waals surface area contributed by atoms with Crippen molar-refractivity contribution in [3.63, 3.8) is 0 Å². The average Bonchev–Trinajstić information content (AvgIpc) is 2.15. The smallest absolute Gasteiger partial charge is 0.173 e. The van der Waals surface area contributed by atoms with Crippen molar-refractivity contribution in [2.45, 2.75) is 25.7 Å². The van der Waals surface area contributed by atoms with E-state index in [9.17, 15) is 8.78 Å². The zero-order valence-corrected chi connectivity index (χ0v) is 8.63. The van der Waals surface area contributed by atoms with Crippen LogP contribution in [0.3, 0.4) is 0 Å². The normalized spacial score (nSPS) is 15.6. The highest BCUT2D eigenvalue weighted by Gasteiger charge is 2.18. The Morgan fingerprint density at radius 3 is 2.62 bits per heavy atom. The van der Waals surface area contributed by atoms with Crippen LogP contribution in [0.25, 0.3) is 0 Å². The minimum absolute atomic E-state index is 0.321. The van der Waals surface area contributed by atoms with Crippen molar-refractivity contribution in [1.29, 1.82) is 0 Å². The Balaban J connectivity index is 2.60. The van der Waals surface area contributed by atoms with Gasteiger partial charge in [-0.25, -0.2) is 8.78 Å². The number of halogens is 3. The first-order valence-corrected chi connectivity index (χ1v) is 5.14. The summed E-state index contributed by atoms with van der Waals surface area (Å²) in [6, 6.07) is 1.33. The number of hydrogen-bond donors (Lipinski definition) is 0. The van der Waals surface area contributed by atoms with Crippen LogP contribution in [0, 0.1) is 11.6 Å². The lowest BCUT2D eigenvalue weighted by atomic mass is 9.91. The predicted octanol–water partition coefficient (Wildman–Crippen LogP) is 3.61. The van der Waals surface area contributed by atoms with Gasteiger partial charge in [-0.2, -0.15) is 0 Å². The first-order chi connectivity index (χ1) is 6.20. The molecule has 1 aliphatic carbocycles.